The maximum absolute atomic E-state index is 12.7. The maximum Gasteiger partial charge on any atom is 0.257 e. The molecule has 0 spiro atoms. The molecule has 1 atom stereocenters. The van der Waals surface area contributed by atoms with Gasteiger partial charge in [-0.15, -0.1) is 0 Å². The van der Waals surface area contributed by atoms with Crippen LogP contribution in [0.5, 0.6) is 0 Å². The predicted molar refractivity (Wildman–Crippen MR) is 89.1 cm³/mol. The number of amides is 1. The highest BCUT2D eigenvalue weighted by molar-refractivity contribution is 6.30. The summed E-state index contributed by atoms with van der Waals surface area (Å²) in [7, 11) is 0. The Balaban J connectivity index is 1.50. The minimum absolute atomic E-state index is 0.0803. The summed E-state index contributed by atoms with van der Waals surface area (Å²) in [4.78, 5) is 17.2. The average molecular weight is 331 g/mol. The van der Waals surface area contributed by atoms with Crippen molar-refractivity contribution in [1.82, 2.24) is 19.6 Å². The summed E-state index contributed by atoms with van der Waals surface area (Å²) in [6.07, 6.45) is 5.90. The second kappa shape index (κ2) is 5.98. The molecule has 0 N–H and O–H groups in total. The smallest absolute Gasteiger partial charge is 0.257 e. The zero-order chi connectivity index (χ0) is 15.8. The van der Waals surface area contributed by atoms with Gasteiger partial charge in [-0.2, -0.15) is 5.10 Å². The van der Waals surface area contributed by atoms with Gasteiger partial charge in [0, 0.05) is 36.9 Å². The number of hydrogen-bond donors (Lipinski definition) is 0. The lowest BCUT2D eigenvalue weighted by Crippen LogP contribution is -2.52. The number of hydrogen-bond acceptors (Lipinski definition) is 3. The van der Waals surface area contributed by atoms with Crippen molar-refractivity contribution in [2.24, 2.45) is 0 Å². The standard InChI is InChI=1S/C17H19ClN4O/c18-14-3-5-15(6-4-14)22-11-13(10-19-22)17(23)21-9-8-20-7-1-2-16(20)12-21/h3-6,10-11,16H,1-2,7-9,12H2/t16-/m0/s1. The molecule has 2 aliphatic heterocycles. The first-order valence-electron chi connectivity index (χ1n) is 8.05. The summed E-state index contributed by atoms with van der Waals surface area (Å²) in [6, 6.07) is 7.96. The van der Waals surface area contributed by atoms with Gasteiger partial charge < -0.3 is 4.90 Å². The number of carbonyl (C=O) groups excluding carboxylic acids is 1. The Morgan fingerprint density at radius 3 is 2.83 bits per heavy atom. The van der Waals surface area contributed by atoms with Crippen LogP contribution in [0.2, 0.25) is 5.02 Å². The molecule has 2 aromatic rings. The lowest BCUT2D eigenvalue weighted by Gasteiger charge is -2.37. The fraction of sp³-hybridized carbons (Fsp3) is 0.412. The van der Waals surface area contributed by atoms with Gasteiger partial charge in [0.1, 0.15) is 0 Å². The fourth-order valence-corrected chi connectivity index (χ4v) is 3.65. The highest BCUT2D eigenvalue weighted by Crippen LogP contribution is 2.22. The Morgan fingerprint density at radius 1 is 1.17 bits per heavy atom. The molecule has 3 heterocycles. The lowest BCUT2D eigenvalue weighted by molar-refractivity contribution is 0.0571. The van der Waals surface area contributed by atoms with E-state index in [0.29, 0.717) is 16.6 Å². The summed E-state index contributed by atoms with van der Waals surface area (Å²) in [5, 5.41) is 5.00. The Morgan fingerprint density at radius 2 is 2.00 bits per heavy atom. The molecule has 0 radical (unpaired) electrons. The molecule has 120 valence electrons. The second-order valence-corrected chi connectivity index (χ2v) is 6.67. The van der Waals surface area contributed by atoms with Crippen molar-refractivity contribution < 1.29 is 4.79 Å². The van der Waals surface area contributed by atoms with Crippen molar-refractivity contribution >= 4 is 17.5 Å². The van der Waals surface area contributed by atoms with Crippen LogP contribution < -0.4 is 0 Å². The molecule has 5 nitrogen and oxygen atoms in total. The van der Waals surface area contributed by atoms with Crippen molar-refractivity contribution in [3.8, 4) is 5.69 Å². The molecule has 1 aromatic heterocycles. The number of fused-ring (bicyclic) bond motifs is 1. The highest BCUT2D eigenvalue weighted by atomic mass is 35.5. The number of rotatable bonds is 2. The molecule has 1 aromatic carbocycles. The van der Waals surface area contributed by atoms with Crippen LogP contribution in [0.25, 0.3) is 5.69 Å². The van der Waals surface area contributed by atoms with Crippen LogP contribution in [0.3, 0.4) is 0 Å². The monoisotopic (exact) mass is 330 g/mol. The molecule has 0 saturated carbocycles. The lowest BCUT2D eigenvalue weighted by atomic mass is 10.1. The van der Waals surface area contributed by atoms with E-state index in [9.17, 15) is 4.79 Å². The maximum atomic E-state index is 12.7. The molecular formula is C17H19ClN4O. The van der Waals surface area contributed by atoms with Crippen LogP contribution in [0.1, 0.15) is 23.2 Å². The minimum Gasteiger partial charge on any atom is -0.336 e. The van der Waals surface area contributed by atoms with Gasteiger partial charge in [-0.05, 0) is 43.7 Å². The van der Waals surface area contributed by atoms with Gasteiger partial charge in [-0.25, -0.2) is 4.68 Å². The first-order chi connectivity index (χ1) is 11.2. The summed E-state index contributed by atoms with van der Waals surface area (Å²) >= 11 is 5.91. The molecule has 2 aliphatic rings. The second-order valence-electron chi connectivity index (χ2n) is 6.23. The van der Waals surface area contributed by atoms with E-state index in [1.54, 1.807) is 17.1 Å². The largest absolute Gasteiger partial charge is 0.336 e. The number of halogens is 1. The van der Waals surface area contributed by atoms with E-state index in [1.165, 1.54) is 19.4 Å². The van der Waals surface area contributed by atoms with E-state index < -0.39 is 0 Å². The van der Waals surface area contributed by atoms with Crippen LogP contribution in [0.15, 0.2) is 36.7 Å². The van der Waals surface area contributed by atoms with Gasteiger partial charge in [0.05, 0.1) is 17.4 Å². The van der Waals surface area contributed by atoms with Crippen LogP contribution in [0, 0.1) is 0 Å². The van der Waals surface area contributed by atoms with Crippen LogP contribution in [-0.2, 0) is 0 Å². The van der Waals surface area contributed by atoms with Crippen molar-refractivity contribution in [3.05, 3.63) is 47.2 Å². The third kappa shape index (κ3) is 2.86. The topological polar surface area (TPSA) is 41.4 Å². The van der Waals surface area contributed by atoms with E-state index in [0.717, 1.165) is 25.3 Å². The van der Waals surface area contributed by atoms with Gasteiger partial charge in [-0.1, -0.05) is 11.6 Å². The Hall–Kier alpha value is -1.85. The van der Waals surface area contributed by atoms with E-state index in [2.05, 4.69) is 10.00 Å². The first kappa shape index (κ1) is 14.7. The van der Waals surface area contributed by atoms with E-state index in [1.807, 2.05) is 29.2 Å². The molecular weight excluding hydrogens is 312 g/mol. The predicted octanol–water partition coefficient (Wildman–Crippen LogP) is 2.45. The summed E-state index contributed by atoms with van der Waals surface area (Å²) in [5.41, 5.74) is 1.54. The minimum atomic E-state index is 0.0803. The average Bonchev–Trinajstić information content (AvgIpc) is 3.23. The SMILES string of the molecule is O=C(c1cnn(-c2ccc(Cl)cc2)c1)N1CCN2CCC[C@H]2C1. The number of carbonyl (C=O) groups is 1. The van der Waals surface area contributed by atoms with E-state index >= 15 is 0 Å². The molecule has 2 saturated heterocycles. The van der Waals surface area contributed by atoms with Gasteiger partial charge >= 0.3 is 0 Å². The van der Waals surface area contributed by atoms with Crippen molar-refractivity contribution in [1.29, 1.82) is 0 Å². The molecule has 0 aliphatic carbocycles. The highest BCUT2D eigenvalue weighted by Gasteiger charge is 2.33. The van der Waals surface area contributed by atoms with Crippen molar-refractivity contribution in [2.45, 2.75) is 18.9 Å². The van der Waals surface area contributed by atoms with Crippen molar-refractivity contribution in [3.63, 3.8) is 0 Å². The molecule has 2 fully saturated rings. The third-order valence-corrected chi connectivity index (χ3v) is 5.05. The quantitative estimate of drug-likeness (QED) is 0.849. The Bertz CT molecular complexity index is 712. The number of benzene rings is 1. The molecule has 23 heavy (non-hydrogen) atoms. The van der Waals surface area contributed by atoms with Crippen LogP contribution >= 0.6 is 11.6 Å². The zero-order valence-electron chi connectivity index (χ0n) is 12.9. The zero-order valence-corrected chi connectivity index (χ0v) is 13.6. The van der Waals surface area contributed by atoms with Crippen molar-refractivity contribution in [2.75, 3.05) is 26.2 Å². The molecule has 6 heteroatoms. The molecule has 4 rings (SSSR count). The molecule has 0 bridgehead atoms. The first-order valence-corrected chi connectivity index (χ1v) is 8.42. The fourth-order valence-electron chi connectivity index (χ4n) is 3.53. The van der Waals surface area contributed by atoms with Gasteiger partial charge in [0.2, 0.25) is 0 Å². The molecule has 0 unspecified atom stereocenters. The Labute approximate surface area is 140 Å². The normalized spacial score (nSPS) is 21.4. The Kier molecular flexibility index (Phi) is 3.83. The van der Waals surface area contributed by atoms with Crippen LogP contribution in [-0.4, -0.2) is 57.7 Å². The number of piperazine rings is 1. The number of nitrogens with zero attached hydrogens (tertiary/aromatic N) is 4. The van der Waals surface area contributed by atoms with Gasteiger partial charge in [0.15, 0.2) is 0 Å². The summed E-state index contributed by atoms with van der Waals surface area (Å²) < 4.78 is 1.72. The third-order valence-electron chi connectivity index (χ3n) is 4.80. The van der Waals surface area contributed by atoms with E-state index in [-0.39, 0.29) is 5.91 Å². The summed E-state index contributed by atoms with van der Waals surface area (Å²) in [6.45, 7) is 3.81. The van der Waals surface area contributed by atoms with Gasteiger partial charge in [0.25, 0.3) is 5.91 Å². The van der Waals surface area contributed by atoms with E-state index in [4.69, 9.17) is 11.6 Å². The van der Waals surface area contributed by atoms with Crippen LogP contribution in [0.4, 0.5) is 0 Å². The molecule has 1 amide bonds. The van der Waals surface area contributed by atoms with Gasteiger partial charge in [-0.3, -0.25) is 9.69 Å². The number of aromatic nitrogens is 2. The summed E-state index contributed by atoms with van der Waals surface area (Å²) in [5.74, 6) is 0.0803.